The minimum Gasteiger partial charge on any atom is -0.476 e. The van der Waals surface area contributed by atoms with Gasteiger partial charge in [0.05, 0.1) is 11.2 Å². The summed E-state index contributed by atoms with van der Waals surface area (Å²) in [6.45, 7) is 7.84. The Labute approximate surface area is 106 Å². The predicted molar refractivity (Wildman–Crippen MR) is 70.4 cm³/mol. The minimum atomic E-state index is -0.990. The van der Waals surface area contributed by atoms with Crippen LogP contribution >= 0.6 is 0 Å². The first-order valence-electron chi connectivity index (χ1n) is 6.05. The highest BCUT2D eigenvalue weighted by atomic mass is 16.4. The quantitative estimate of drug-likeness (QED) is 0.899. The van der Waals surface area contributed by atoms with Gasteiger partial charge in [-0.25, -0.2) is 9.78 Å². The number of aryl methyl sites for hydroxylation is 1. The molecule has 0 saturated heterocycles. The van der Waals surface area contributed by atoms with E-state index in [1.807, 2.05) is 29.7 Å². The molecule has 2 rings (SSSR count). The van der Waals surface area contributed by atoms with Crippen molar-refractivity contribution < 1.29 is 9.90 Å². The summed E-state index contributed by atoms with van der Waals surface area (Å²) in [5.41, 5.74) is 1.82. The second-order valence-electron chi connectivity index (χ2n) is 4.13. The Bertz CT molecular complexity index is 585. The molecule has 2 aromatic heterocycles. The molecular weight excluding hydrogens is 230 g/mol. The fraction of sp³-hybridized carbons (Fsp3) is 0.385. The summed E-state index contributed by atoms with van der Waals surface area (Å²) >= 11 is 0. The standard InChI is InChI=1S/C13H17N3O2/c1-4-15(5-2)10-6-7-11-12(13(17)18)14-9(3)16(11)8-10/h6-8H,4-5H2,1-3H3,(H,17,18). The fourth-order valence-corrected chi connectivity index (χ4v) is 2.16. The summed E-state index contributed by atoms with van der Waals surface area (Å²) in [6.07, 6.45) is 1.94. The monoisotopic (exact) mass is 247 g/mol. The molecular formula is C13H17N3O2. The topological polar surface area (TPSA) is 57.8 Å². The van der Waals surface area contributed by atoms with Crippen LogP contribution in [0.2, 0.25) is 0 Å². The van der Waals surface area contributed by atoms with Gasteiger partial charge in [-0.15, -0.1) is 0 Å². The number of fused-ring (bicyclic) bond motifs is 1. The van der Waals surface area contributed by atoms with E-state index in [1.165, 1.54) is 0 Å². The largest absolute Gasteiger partial charge is 0.476 e. The van der Waals surface area contributed by atoms with Gasteiger partial charge in [-0.2, -0.15) is 0 Å². The average molecular weight is 247 g/mol. The van der Waals surface area contributed by atoms with E-state index in [0.29, 0.717) is 11.3 Å². The van der Waals surface area contributed by atoms with Crippen molar-refractivity contribution in [3.63, 3.8) is 0 Å². The number of carboxylic acid groups (broad SMARTS) is 1. The van der Waals surface area contributed by atoms with Gasteiger partial charge in [0.2, 0.25) is 0 Å². The summed E-state index contributed by atoms with van der Waals surface area (Å²) in [5.74, 6) is -0.299. The van der Waals surface area contributed by atoms with Crippen molar-refractivity contribution in [1.82, 2.24) is 9.38 Å². The molecule has 0 fully saturated rings. The lowest BCUT2D eigenvalue weighted by molar-refractivity contribution is 0.0693. The van der Waals surface area contributed by atoms with Gasteiger partial charge in [-0.05, 0) is 32.9 Å². The van der Waals surface area contributed by atoms with Crippen LogP contribution in [-0.2, 0) is 0 Å². The third-order valence-electron chi connectivity index (χ3n) is 3.13. The van der Waals surface area contributed by atoms with Crippen molar-refractivity contribution >= 4 is 17.2 Å². The van der Waals surface area contributed by atoms with Crippen LogP contribution < -0.4 is 4.90 Å². The third-order valence-corrected chi connectivity index (χ3v) is 3.13. The molecule has 2 heterocycles. The Hall–Kier alpha value is -2.04. The number of carbonyl (C=O) groups is 1. The lowest BCUT2D eigenvalue weighted by atomic mass is 10.3. The lowest BCUT2D eigenvalue weighted by Gasteiger charge is -2.21. The van der Waals surface area contributed by atoms with Crippen molar-refractivity contribution in [2.24, 2.45) is 0 Å². The van der Waals surface area contributed by atoms with Crippen LogP contribution in [0.5, 0.6) is 0 Å². The van der Waals surface area contributed by atoms with Crippen molar-refractivity contribution in [3.05, 3.63) is 29.8 Å². The number of aromatic nitrogens is 2. The minimum absolute atomic E-state index is 0.110. The number of aromatic carboxylic acids is 1. The van der Waals surface area contributed by atoms with Crippen LogP contribution in [0.15, 0.2) is 18.3 Å². The van der Waals surface area contributed by atoms with Crippen molar-refractivity contribution in [2.45, 2.75) is 20.8 Å². The van der Waals surface area contributed by atoms with Crippen LogP contribution in [0.1, 0.15) is 30.2 Å². The summed E-state index contributed by atoms with van der Waals surface area (Å²) in [7, 11) is 0. The number of hydrogen-bond acceptors (Lipinski definition) is 3. The van der Waals surface area contributed by atoms with Gasteiger partial charge in [0.1, 0.15) is 5.82 Å². The van der Waals surface area contributed by atoms with E-state index in [2.05, 4.69) is 23.7 Å². The Kier molecular flexibility index (Phi) is 3.23. The summed E-state index contributed by atoms with van der Waals surface area (Å²) in [4.78, 5) is 17.4. The molecule has 2 aromatic rings. The number of nitrogens with zero attached hydrogens (tertiary/aromatic N) is 3. The first-order valence-corrected chi connectivity index (χ1v) is 6.05. The highest BCUT2D eigenvalue weighted by molar-refractivity contribution is 5.93. The summed E-state index contributed by atoms with van der Waals surface area (Å²) < 4.78 is 1.83. The van der Waals surface area contributed by atoms with E-state index in [-0.39, 0.29) is 5.69 Å². The maximum atomic E-state index is 11.1. The Morgan fingerprint density at radius 3 is 2.61 bits per heavy atom. The lowest BCUT2D eigenvalue weighted by Crippen LogP contribution is -2.22. The zero-order valence-electron chi connectivity index (χ0n) is 10.8. The van der Waals surface area contributed by atoms with Gasteiger partial charge in [-0.1, -0.05) is 0 Å². The van der Waals surface area contributed by atoms with Crippen molar-refractivity contribution in [3.8, 4) is 0 Å². The first kappa shape index (κ1) is 12.4. The molecule has 0 unspecified atom stereocenters. The molecule has 0 bridgehead atoms. The summed E-state index contributed by atoms with van der Waals surface area (Å²) in [6, 6.07) is 3.76. The number of pyridine rings is 1. The average Bonchev–Trinajstić information content (AvgIpc) is 2.69. The number of rotatable bonds is 4. The predicted octanol–water partition coefficient (Wildman–Crippen LogP) is 2.19. The molecule has 5 heteroatoms. The molecule has 0 amide bonds. The Morgan fingerprint density at radius 2 is 2.06 bits per heavy atom. The molecule has 1 N–H and O–H groups in total. The van der Waals surface area contributed by atoms with E-state index in [0.717, 1.165) is 18.8 Å². The van der Waals surface area contributed by atoms with Gasteiger partial charge in [0.15, 0.2) is 5.69 Å². The SMILES string of the molecule is CCN(CC)c1ccc2c(C(=O)O)nc(C)n2c1. The van der Waals surface area contributed by atoms with E-state index < -0.39 is 5.97 Å². The van der Waals surface area contributed by atoms with Crippen LogP contribution in [0.4, 0.5) is 5.69 Å². The third kappa shape index (κ3) is 1.92. The molecule has 18 heavy (non-hydrogen) atoms. The maximum Gasteiger partial charge on any atom is 0.356 e. The maximum absolute atomic E-state index is 11.1. The van der Waals surface area contributed by atoms with Gasteiger partial charge >= 0.3 is 5.97 Å². The van der Waals surface area contributed by atoms with Gasteiger partial charge in [0.25, 0.3) is 0 Å². The molecule has 0 aromatic carbocycles. The Balaban J connectivity index is 2.59. The van der Waals surface area contributed by atoms with E-state index in [4.69, 9.17) is 5.11 Å². The molecule has 0 saturated carbocycles. The number of hydrogen-bond donors (Lipinski definition) is 1. The molecule has 0 aliphatic rings. The molecule has 0 aliphatic carbocycles. The fourth-order valence-electron chi connectivity index (χ4n) is 2.16. The highest BCUT2D eigenvalue weighted by Crippen LogP contribution is 2.19. The number of anilines is 1. The second kappa shape index (κ2) is 4.68. The van der Waals surface area contributed by atoms with Crippen molar-refractivity contribution in [1.29, 1.82) is 0 Å². The van der Waals surface area contributed by atoms with Crippen LogP contribution in [0, 0.1) is 6.92 Å². The van der Waals surface area contributed by atoms with Crippen LogP contribution in [0.3, 0.4) is 0 Å². The molecule has 0 atom stereocenters. The van der Waals surface area contributed by atoms with E-state index >= 15 is 0 Å². The summed E-state index contributed by atoms with van der Waals surface area (Å²) in [5, 5.41) is 9.08. The van der Waals surface area contributed by atoms with E-state index in [1.54, 1.807) is 0 Å². The number of carboxylic acids is 1. The van der Waals surface area contributed by atoms with E-state index in [9.17, 15) is 4.79 Å². The van der Waals surface area contributed by atoms with Crippen LogP contribution in [-0.4, -0.2) is 33.6 Å². The Morgan fingerprint density at radius 1 is 1.39 bits per heavy atom. The van der Waals surface area contributed by atoms with Gasteiger partial charge < -0.3 is 14.4 Å². The zero-order chi connectivity index (χ0) is 13.3. The van der Waals surface area contributed by atoms with Gasteiger partial charge in [0, 0.05) is 19.3 Å². The molecule has 0 radical (unpaired) electrons. The first-order chi connectivity index (χ1) is 8.58. The molecule has 0 aliphatic heterocycles. The highest BCUT2D eigenvalue weighted by Gasteiger charge is 2.15. The zero-order valence-corrected chi connectivity index (χ0v) is 10.8. The van der Waals surface area contributed by atoms with Gasteiger partial charge in [-0.3, -0.25) is 0 Å². The van der Waals surface area contributed by atoms with Crippen molar-refractivity contribution in [2.75, 3.05) is 18.0 Å². The number of imidazole rings is 1. The molecule has 0 spiro atoms. The van der Waals surface area contributed by atoms with Crippen LogP contribution in [0.25, 0.3) is 5.52 Å². The second-order valence-corrected chi connectivity index (χ2v) is 4.13. The molecule has 96 valence electrons. The smallest absolute Gasteiger partial charge is 0.356 e. The molecule has 5 nitrogen and oxygen atoms in total. The normalized spacial score (nSPS) is 10.8.